The maximum atomic E-state index is 13.7. The number of rotatable bonds is 3. The van der Waals surface area contributed by atoms with Crippen molar-refractivity contribution in [3.8, 4) is 17.5 Å². The van der Waals surface area contributed by atoms with E-state index in [1.165, 1.54) is 36.8 Å². The summed E-state index contributed by atoms with van der Waals surface area (Å²) >= 11 is 0. The minimum atomic E-state index is -1.00. The van der Waals surface area contributed by atoms with E-state index in [0.29, 0.717) is 13.7 Å². The summed E-state index contributed by atoms with van der Waals surface area (Å²) in [6.45, 7) is 0. The van der Waals surface area contributed by atoms with E-state index in [9.17, 15) is 28.8 Å². The van der Waals surface area contributed by atoms with E-state index >= 15 is 0 Å². The van der Waals surface area contributed by atoms with Crippen molar-refractivity contribution in [2.75, 3.05) is 0 Å². The molecule has 0 bridgehead atoms. The molecule has 1 aromatic carbocycles. The van der Waals surface area contributed by atoms with Crippen molar-refractivity contribution < 1.29 is 0 Å². The largest absolute Gasteiger partial charge is 0.268 e. The summed E-state index contributed by atoms with van der Waals surface area (Å²) in [7, 11) is 0. The van der Waals surface area contributed by atoms with Gasteiger partial charge in [0.1, 0.15) is 36.4 Å². The van der Waals surface area contributed by atoms with Crippen molar-refractivity contribution in [2.24, 2.45) is 0 Å². The third kappa shape index (κ3) is 2.74. The average Bonchev–Trinajstić information content (AvgIpc) is 3.48. The van der Waals surface area contributed by atoms with E-state index in [4.69, 9.17) is 0 Å². The van der Waals surface area contributed by atoms with Crippen LogP contribution in [0.2, 0.25) is 0 Å². The summed E-state index contributed by atoms with van der Waals surface area (Å²) in [6.07, 6.45) is 7.17. The van der Waals surface area contributed by atoms with E-state index < -0.39 is 65.7 Å². The molecule has 6 heterocycles. The van der Waals surface area contributed by atoms with Crippen LogP contribution in [0.25, 0.3) is 49.8 Å². The number of benzene rings is 1. The highest BCUT2D eigenvalue weighted by Gasteiger charge is 2.32. The van der Waals surface area contributed by atoms with Gasteiger partial charge in [0, 0.05) is 18.6 Å². The molecule has 0 N–H and O–H groups in total. The Hall–Kier alpha value is -6.12. The Labute approximate surface area is 211 Å². The number of nitrogens with zero attached hydrogens (tertiary/aromatic N) is 9. The minimum absolute atomic E-state index is 0.132. The molecule has 7 aromatic rings. The second-order valence-electron chi connectivity index (χ2n) is 8.29. The molecule has 15 nitrogen and oxygen atoms in total. The van der Waals surface area contributed by atoms with Crippen molar-refractivity contribution in [2.45, 2.75) is 0 Å². The highest BCUT2D eigenvalue weighted by molar-refractivity contribution is 6.25. The molecule has 0 saturated carbocycles. The van der Waals surface area contributed by atoms with Crippen molar-refractivity contribution >= 4 is 32.3 Å². The number of aromatic nitrogens is 9. The Kier molecular flexibility index (Phi) is 4.36. The van der Waals surface area contributed by atoms with Crippen molar-refractivity contribution in [3.05, 3.63) is 118 Å². The maximum absolute atomic E-state index is 13.7. The minimum Gasteiger partial charge on any atom is -0.268 e. The second-order valence-corrected chi connectivity index (χ2v) is 8.29. The zero-order valence-corrected chi connectivity index (χ0v) is 19.2. The predicted molar refractivity (Wildman–Crippen MR) is 135 cm³/mol. The molecule has 0 spiro atoms. The SMILES string of the molecule is O=c1c2c3c(=O)n(-c4ccncn4)c(=O)c3c3c(=O)n(-c4ccncn4)c(=O)c3c2c(=O)n1-c1ccncn1. The van der Waals surface area contributed by atoms with E-state index in [-0.39, 0.29) is 17.5 Å². The van der Waals surface area contributed by atoms with Crippen LogP contribution in [0, 0.1) is 0 Å². The molecule has 0 aliphatic carbocycles. The van der Waals surface area contributed by atoms with Crippen LogP contribution >= 0.6 is 0 Å². The Bertz CT molecular complexity index is 2030. The topological polar surface area (TPSA) is 195 Å². The molecular weight excluding hydrogens is 510 g/mol. The van der Waals surface area contributed by atoms with Gasteiger partial charge in [-0.1, -0.05) is 0 Å². The van der Waals surface area contributed by atoms with Crippen molar-refractivity contribution in [3.63, 3.8) is 0 Å². The summed E-state index contributed by atoms with van der Waals surface area (Å²) in [5.74, 6) is -0.396. The molecule has 186 valence electrons. The van der Waals surface area contributed by atoms with Gasteiger partial charge in [-0.2, -0.15) is 0 Å². The summed E-state index contributed by atoms with van der Waals surface area (Å²) in [6, 6.07) is 3.84. The molecule has 0 aliphatic heterocycles. The van der Waals surface area contributed by atoms with Gasteiger partial charge in [0.25, 0.3) is 33.4 Å². The van der Waals surface area contributed by atoms with E-state index in [0.717, 1.165) is 19.0 Å². The Morgan fingerprint density at radius 2 is 0.615 bits per heavy atom. The first kappa shape index (κ1) is 22.1. The lowest BCUT2D eigenvalue weighted by Crippen LogP contribution is -2.25. The zero-order valence-electron chi connectivity index (χ0n) is 19.2. The van der Waals surface area contributed by atoms with Gasteiger partial charge in [0.2, 0.25) is 0 Å². The van der Waals surface area contributed by atoms with E-state index in [2.05, 4.69) is 29.9 Å². The molecule has 0 amide bonds. The Morgan fingerprint density at radius 1 is 0.385 bits per heavy atom. The van der Waals surface area contributed by atoms with Gasteiger partial charge in [-0.25, -0.2) is 43.6 Å². The van der Waals surface area contributed by atoms with Crippen LogP contribution in [-0.4, -0.2) is 43.6 Å². The van der Waals surface area contributed by atoms with Gasteiger partial charge in [-0.05, 0) is 18.2 Å². The fourth-order valence-corrected chi connectivity index (χ4v) is 4.85. The van der Waals surface area contributed by atoms with Crippen LogP contribution in [0.5, 0.6) is 0 Å². The molecule has 7 rings (SSSR count). The van der Waals surface area contributed by atoms with Crippen LogP contribution in [0.4, 0.5) is 0 Å². The summed E-state index contributed by atoms with van der Waals surface area (Å²) in [5, 5.41) is -2.96. The molecule has 0 unspecified atom stereocenters. The Balaban J connectivity index is 1.83. The molecule has 0 aliphatic rings. The summed E-state index contributed by atoms with van der Waals surface area (Å²) < 4.78 is 1.97. The number of fused-ring (bicyclic) bond motifs is 6. The molecule has 6 aromatic heterocycles. The summed E-state index contributed by atoms with van der Waals surface area (Å²) in [5.41, 5.74) is -6.00. The van der Waals surface area contributed by atoms with Crippen LogP contribution in [0.15, 0.2) is 84.5 Å². The van der Waals surface area contributed by atoms with Gasteiger partial charge in [-0.15, -0.1) is 0 Å². The van der Waals surface area contributed by atoms with Gasteiger partial charge in [-0.3, -0.25) is 28.8 Å². The fraction of sp³-hybridized carbons (Fsp3) is 0. The van der Waals surface area contributed by atoms with Crippen molar-refractivity contribution in [1.82, 2.24) is 43.6 Å². The molecule has 0 atom stereocenters. The lowest BCUT2D eigenvalue weighted by Gasteiger charge is -1.96. The quantitative estimate of drug-likeness (QED) is 0.259. The zero-order chi connectivity index (χ0) is 27.0. The Morgan fingerprint density at radius 3 is 0.795 bits per heavy atom. The standard InChI is InChI=1S/C24H9N9O6/c34-19-13-14(20(35)31(19)10-1-4-25-7-28-10)16-18(24(39)33(22(16)37)12-3-6-27-9-30-12)17-15(13)21(36)32(23(17)38)11-2-5-26-8-29-11/h1-9H. The number of hydrogen-bond acceptors (Lipinski definition) is 12. The van der Waals surface area contributed by atoms with Crippen LogP contribution in [0.3, 0.4) is 0 Å². The lowest BCUT2D eigenvalue weighted by molar-refractivity contribution is 0.922. The van der Waals surface area contributed by atoms with Gasteiger partial charge in [0.15, 0.2) is 0 Å². The normalized spacial score (nSPS) is 11.7. The third-order valence-corrected chi connectivity index (χ3v) is 6.39. The van der Waals surface area contributed by atoms with E-state index in [1.807, 2.05) is 0 Å². The highest BCUT2D eigenvalue weighted by atomic mass is 16.2. The molecule has 0 fully saturated rings. The third-order valence-electron chi connectivity index (χ3n) is 6.39. The molecule has 15 heteroatoms. The van der Waals surface area contributed by atoms with Gasteiger partial charge < -0.3 is 0 Å². The maximum Gasteiger partial charge on any atom is 0.268 e. The first-order valence-corrected chi connectivity index (χ1v) is 11.1. The van der Waals surface area contributed by atoms with E-state index in [1.54, 1.807) is 0 Å². The molecule has 39 heavy (non-hydrogen) atoms. The predicted octanol–water partition coefficient (Wildman–Crippen LogP) is -1.64. The van der Waals surface area contributed by atoms with Gasteiger partial charge in [0.05, 0.1) is 32.3 Å². The average molecular weight is 519 g/mol. The van der Waals surface area contributed by atoms with Crippen molar-refractivity contribution in [1.29, 1.82) is 0 Å². The smallest absolute Gasteiger partial charge is 0.268 e. The summed E-state index contributed by atoms with van der Waals surface area (Å²) in [4.78, 5) is 105. The van der Waals surface area contributed by atoms with Crippen LogP contribution < -0.4 is 33.4 Å². The van der Waals surface area contributed by atoms with Gasteiger partial charge >= 0.3 is 0 Å². The highest BCUT2D eigenvalue weighted by Crippen LogP contribution is 2.27. The number of hydrogen-bond donors (Lipinski definition) is 0. The first-order valence-electron chi connectivity index (χ1n) is 11.1. The molecule has 0 saturated heterocycles. The molecular formula is C24H9N9O6. The second kappa shape index (κ2) is 7.69. The monoisotopic (exact) mass is 519 g/mol. The van der Waals surface area contributed by atoms with Crippen LogP contribution in [-0.2, 0) is 0 Å². The fourth-order valence-electron chi connectivity index (χ4n) is 4.85. The first-order chi connectivity index (χ1) is 18.9. The van der Waals surface area contributed by atoms with Crippen LogP contribution in [0.1, 0.15) is 0 Å². The molecule has 0 radical (unpaired) electrons. The lowest BCUT2D eigenvalue weighted by atomic mass is 10.0.